The average Bonchev–Trinajstić information content (AvgIpc) is 2.30. The van der Waals surface area contributed by atoms with Crippen molar-refractivity contribution in [3.8, 4) is 0 Å². The highest BCUT2D eigenvalue weighted by Gasteiger charge is 2.37. The zero-order valence-corrected chi connectivity index (χ0v) is 12.0. The van der Waals surface area contributed by atoms with Crippen LogP contribution in [-0.4, -0.2) is 17.1 Å². The monoisotopic (exact) mass is 317 g/mol. The van der Waals surface area contributed by atoms with Gasteiger partial charge in [0, 0.05) is 15.9 Å². The molecular formula is C13H17BrFNO2. The van der Waals surface area contributed by atoms with Crippen molar-refractivity contribution in [3.05, 3.63) is 34.1 Å². The van der Waals surface area contributed by atoms with Gasteiger partial charge in [-0.3, -0.25) is 4.79 Å². The van der Waals surface area contributed by atoms with Crippen LogP contribution in [0.3, 0.4) is 0 Å². The summed E-state index contributed by atoms with van der Waals surface area (Å²) in [5, 5.41) is 9.03. The number of benzene rings is 1. The summed E-state index contributed by atoms with van der Waals surface area (Å²) in [5.74, 6) is -1.41. The maximum atomic E-state index is 13.9. The number of hydrogen-bond acceptors (Lipinski definition) is 2. The van der Waals surface area contributed by atoms with Crippen molar-refractivity contribution >= 4 is 21.9 Å². The van der Waals surface area contributed by atoms with E-state index in [-0.39, 0.29) is 6.42 Å². The summed E-state index contributed by atoms with van der Waals surface area (Å²) in [5.41, 5.74) is 5.42. The van der Waals surface area contributed by atoms with Gasteiger partial charge in [0.1, 0.15) is 5.82 Å². The normalized spacial score (nSPS) is 16.1. The average molecular weight is 318 g/mol. The molecule has 0 amide bonds. The van der Waals surface area contributed by atoms with Crippen molar-refractivity contribution in [1.82, 2.24) is 0 Å². The maximum absolute atomic E-state index is 13.9. The first-order valence-corrected chi connectivity index (χ1v) is 6.53. The predicted molar refractivity (Wildman–Crippen MR) is 72.0 cm³/mol. The molecule has 0 aliphatic heterocycles. The summed E-state index contributed by atoms with van der Waals surface area (Å²) in [6.07, 6.45) is 0.380. The van der Waals surface area contributed by atoms with Crippen molar-refractivity contribution in [2.24, 2.45) is 5.73 Å². The minimum absolute atomic E-state index is 0.199. The second-order valence-electron chi connectivity index (χ2n) is 4.63. The van der Waals surface area contributed by atoms with Crippen LogP contribution < -0.4 is 5.73 Å². The first kappa shape index (κ1) is 15.1. The smallest absolute Gasteiger partial charge is 0.304 e. The summed E-state index contributed by atoms with van der Waals surface area (Å²) >= 11 is 3.27. The Morgan fingerprint density at radius 1 is 1.61 bits per heavy atom. The number of rotatable bonds is 5. The van der Waals surface area contributed by atoms with E-state index >= 15 is 0 Å². The molecule has 0 spiro atoms. The lowest BCUT2D eigenvalue weighted by Crippen LogP contribution is -2.45. The third-order valence-electron chi connectivity index (χ3n) is 3.32. The van der Waals surface area contributed by atoms with Crippen molar-refractivity contribution in [1.29, 1.82) is 0 Å². The molecule has 0 aliphatic carbocycles. The van der Waals surface area contributed by atoms with Crippen LogP contribution in [0.4, 0.5) is 4.39 Å². The molecule has 5 heteroatoms. The molecule has 2 atom stereocenters. The fourth-order valence-electron chi connectivity index (χ4n) is 2.13. The Kier molecular flexibility index (Phi) is 4.87. The van der Waals surface area contributed by atoms with Crippen LogP contribution >= 0.6 is 15.9 Å². The van der Waals surface area contributed by atoms with Gasteiger partial charge in [-0.2, -0.15) is 0 Å². The van der Waals surface area contributed by atoms with Crippen LogP contribution in [-0.2, 0) is 10.2 Å². The second-order valence-corrected chi connectivity index (χ2v) is 5.54. The van der Waals surface area contributed by atoms with Gasteiger partial charge in [0.05, 0.1) is 6.42 Å². The first-order valence-electron chi connectivity index (χ1n) is 5.74. The highest BCUT2D eigenvalue weighted by atomic mass is 79.9. The molecule has 100 valence electrons. The van der Waals surface area contributed by atoms with Crippen LogP contribution in [0.2, 0.25) is 0 Å². The minimum Gasteiger partial charge on any atom is -0.481 e. The van der Waals surface area contributed by atoms with E-state index in [1.165, 1.54) is 6.07 Å². The molecule has 0 saturated heterocycles. The van der Waals surface area contributed by atoms with E-state index in [2.05, 4.69) is 15.9 Å². The summed E-state index contributed by atoms with van der Waals surface area (Å²) in [4.78, 5) is 11.0. The van der Waals surface area contributed by atoms with Crippen LogP contribution in [0.5, 0.6) is 0 Å². The maximum Gasteiger partial charge on any atom is 0.304 e. The topological polar surface area (TPSA) is 63.3 Å². The van der Waals surface area contributed by atoms with Crippen LogP contribution in [0, 0.1) is 5.82 Å². The molecule has 0 aromatic heterocycles. The molecule has 0 fully saturated rings. The highest BCUT2D eigenvalue weighted by molar-refractivity contribution is 9.10. The van der Waals surface area contributed by atoms with Gasteiger partial charge in [-0.15, -0.1) is 0 Å². The number of nitrogens with two attached hydrogens (primary N) is 1. The predicted octanol–water partition coefficient (Wildman–Crippen LogP) is 3.06. The van der Waals surface area contributed by atoms with Crippen LogP contribution in [0.1, 0.15) is 32.3 Å². The van der Waals surface area contributed by atoms with Gasteiger partial charge in [-0.05, 0) is 30.2 Å². The van der Waals surface area contributed by atoms with Gasteiger partial charge in [0.2, 0.25) is 0 Å². The lowest BCUT2D eigenvalue weighted by molar-refractivity contribution is -0.138. The van der Waals surface area contributed by atoms with Gasteiger partial charge in [0.25, 0.3) is 0 Å². The summed E-state index contributed by atoms with van der Waals surface area (Å²) < 4.78 is 14.6. The Balaban J connectivity index is 3.33. The second kappa shape index (κ2) is 5.80. The third kappa shape index (κ3) is 3.09. The van der Waals surface area contributed by atoms with Crippen molar-refractivity contribution in [3.63, 3.8) is 0 Å². The van der Waals surface area contributed by atoms with Crippen molar-refractivity contribution in [2.75, 3.05) is 0 Å². The lowest BCUT2D eigenvalue weighted by Gasteiger charge is -2.34. The Morgan fingerprint density at radius 2 is 2.22 bits per heavy atom. The molecular weight excluding hydrogens is 301 g/mol. The van der Waals surface area contributed by atoms with E-state index in [0.29, 0.717) is 16.5 Å². The number of halogens is 2. The number of aliphatic carboxylic acids is 1. The van der Waals surface area contributed by atoms with E-state index in [9.17, 15) is 9.18 Å². The quantitative estimate of drug-likeness (QED) is 0.877. The Hall–Kier alpha value is -0.940. The Morgan fingerprint density at radius 3 is 2.72 bits per heavy atom. The van der Waals surface area contributed by atoms with Crippen LogP contribution in [0.25, 0.3) is 0 Å². The molecule has 3 nitrogen and oxygen atoms in total. The largest absolute Gasteiger partial charge is 0.481 e. The zero-order chi connectivity index (χ0) is 13.9. The number of hydrogen-bond donors (Lipinski definition) is 2. The van der Waals surface area contributed by atoms with Gasteiger partial charge in [-0.1, -0.05) is 29.8 Å². The summed E-state index contributed by atoms with van der Waals surface area (Å²) in [7, 11) is 0. The molecule has 0 radical (unpaired) electrons. The lowest BCUT2D eigenvalue weighted by atomic mass is 9.72. The first-order chi connectivity index (χ1) is 8.31. The highest BCUT2D eigenvalue weighted by Crippen LogP contribution is 2.35. The molecule has 3 N–H and O–H groups in total. The van der Waals surface area contributed by atoms with Gasteiger partial charge >= 0.3 is 5.97 Å². The van der Waals surface area contributed by atoms with E-state index in [1.54, 1.807) is 19.1 Å². The molecule has 1 rings (SSSR count). The third-order valence-corrected chi connectivity index (χ3v) is 3.81. The minimum atomic E-state index is -0.985. The summed E-state index contributed by atoms with van der Waals surface area (Å²) in [6, 6.07) is 4.09. The fourth-order valence-corrected chi connectivity index (χ4v) is 2.49. The van der Waals surface area contributed by atoms with E-state index < -0.39 is 23.2 Å². The molecule has 0 bridgehead atoms. The molecule has 18 heavy (non-hydrogen) atoms. The summed E-state index contributed by atoms with van der Waals surface area (Å²) in [6.45, 7) is 3.56. The molecule has 1 aromatic carbocycles. The van der Waals surface area contributed by atoms with Gasteiger partial charge in [-0.25, -0.2) is 4.39 Å². The van der Waals surface area contributed by atoms with E-state index in [4.69, 9.17) is 10.8 Å². The molecule has 2 unspecified atom stereocenters. The van der Waals surface area contributed by atoms with Crippen molar-refractivity contribution < 1.29 is 14.3 Å². The van der Waals surface area contributed by atoms with Crippen molar-refractivity contribution in [2.45, 2.75) is 38.1 Å². The van der Waals surface area contributed by atoms with Gasteiger partial charge < -0.3 is 10.8 Å². The van der Waals surface area contributed by atoms with E-state index in [0.717, 1.165) is 0 Å². The molecule has 1 aromatic rings. The number of carboxylic acid groups (broad SMARTS) is 1. The van der Waals surface area contributed by atoms with Crippen LogP contribution in [0.15, 0.2) is 22.7 Å². The Labute approximate surface area is 114 Å². The number of carboxylic acids is 1. The Bertz CT molecular complexity index is 453. The molecule has 0 aliphatic rings. The van der Waals surface area contributed by atoms with Gasteiger partial charge in [0.15, 0.2) is 0 Å². The zero-order valence-electron chi connectivity index (χ0n) is 10.4. The number of carbonyl (C=O) groups is 1. The fraction of sp³-hybridized carbons (Fsp3) is 0.462. The molecule has 0 heterocycles. The standard InChI is InChI=1S/C13H17BrFNO2/c1-3-11(16)13(2,7-12(17)18)9-6-8(14)4-5-10(9)15/h4-6,11H,3,7,16H2,1-2H3,(H,17,18). The van der Waals surface area contributed by atoms with E-state index in [1.807, 2.05) is 6.92 Å². The molecule has 0 saturated carbocycles. The SMILES string of the molecule is CCC(N)C(C)(CC(=O)O)c1cc(Br)ccc1F.